The van der Waals surface area contributed by atoms with Gasteiger partial charge in [0, 0.05) is 26.1 Å². The number of aryl methyl sites for hydroxylation is 1. The highest BCUT2D eigenvalue weighted by Gasteiger charge is 2.20. The summed E-state index contributed by atoms with van der Waals surface area (Å²) < 4.78 is 26.1. The van der Waals surface area contributed by atoms with E-state index in [0.29, 0.717) is 31.6 Å². The molecule has 28 heavy (non-hydrogen) atoms. The average molecular weight is 403 g/mol. The fraction of sp³-hybridized carbons (Fsp3) is 0.409. The number of carbonyl (C=O) groups excluding carboxylic acids is 1. The molecule has 0 heterocycles. The first-order valence-corrected chi connectivity index (χ1v) is 11.4. The van der Waals surface area contributed by atoms with Gasteiger partial charge in [0.05, 0.1) is 11.9 Å². The molecule has 0 radical (unpaired) electrons. The van der Waals surface area contributed by atoms with Crippen molar-refractivity contribution in [2.75, 3.05) is 23.7 Å². The number of nitrogens with zero attached hydrogens (tertiary/aromatic N) is 2. The second-order valence-corrected chi connectivity index (χ2v) is 8.96. The van der Waals surface area contributed by atoms with Gasteiger partial charge in [-0.05, 0) is 49.9 Å². The maximum atomic E-state index is 12.6. The number of hydrogen-bond donors (Lipinski definition) is 0. The van der Waals surface area contributed by atoms with E-state index < -0.39 is 10.0 Å². The molecule has 0 spiro atoms. The first-order chi connectivity index (χ1) is 13.2. The number of carbonyl (C=O) groups is 1. The third kappa shape index (κ3) is 5.83. The van der Waals surface area contributed by atoms with E-state index >= 15 is 0 Å². The highest BCUT2D eigenvalue weighted by atomic mass is 32.2. The van der Waals surface area contributed by atoms with Crippen LogP contribution in [0, 0.1) is 13.8 Å². The lowest BCUT2D eigenvalue weighted by molar-refractivity contribution is -0.131. The van der Waals surface area contributed by atoms with Crippen molar-refractivity contribution in [1.82, 2.24) is 4.90 Å². The minimum atomic E-state index is -3.42. The van der Waals surface area contributed by atoms with Crippen LogP contribution in [0.5, 0.6) is 0 Å². The van der Waals surface area contributed by atoms with E-state index in [1.165, 1.54) is 10.6 Å². The third-order valence-electron chi connectivity index (χ3n) is 4.95. The molecule has 0 aliphatic heterocycles. The second kappa shape index (κ2) is 9.73. The van der Waals surface area contributed by atoms with Gasteiger partial charge in [-0.15, -0.1) is 0 Å². The van der Waals surface area contributed by atoms with Crippen molar-refractivity contribution in [1.29, 1.82) is 0 Å². The van der Waals surface area contributed by atoms with Crippen LogP contribution in [0.1, 0.15) is 36.5 Å². The fourth-order valence-corrected chi connectivity index (χ4v) is 4.20. The molecule has 0 bridgehead atoms. The van der Waals surface area contributed by atoms with Gasteiger partial charge in [0.25, 0.3) is 0 Å². The molecule has 6 heteroatoms. The molecule has 0 saturated carbocycles. The van der Waals surface area contributed by atoms with E-state index in [1.54, 1.807) is 4.90 Å². The fourth-order valence-electron chi connectivity index (χ4n) is 3.18. The predicted molar refractivity (Wildman–Crippen MR) is 115 cm³/mol. The third-order valence-corrected chi connectivity index (χ3v) is 6.13. The Bertz CT molecular complexity index is 895. The Kier molecular flexibility index (Phi) is 7.63. The number of sulfonamides is 1. The van der Waals surface area contributed by atoms with Crippen molar-refractivity contribution in [3.63, 3.8) is 0 Å². The Morgan fingerprint density at radius 1 is 1.00 bits per heavy atom. The minimum absolute atomic E-state index is 0.0424. The van der Waals surface area contributed by atoms with Gasteiger partial charge >= 0.3 is 0 Å². The zero-order valence-electron chi connectivity index (χ0n) is 17.2. The first-order valence-electron chi connectivity index (χ1n) is 9.59. The molecule has 2 aromatic rings. The molecular formula is C22H30N2O3S. The predicted octanol–water partition coefficient (Wildman–Crippen LogP) is 3.90. The molecule has 2 rings (SSSR count). The van der Waals surface area contributed by atoms with Crippen LogP contribution in [0.3, 0.4) is 0 Å². The molecule has 5 nitrogen and oxygen atoms in total. The van der Waals surface area contributed by atoms with E-state index in [4.69, 9.17) is 0 Å². The van der Waals surface area contributed by atoms with Crippen molar-refractivity contribution in [2.45, 2.75) is 40.2 Å². The van der Waals surface area contributed by atoms with Crippen LogP contribution in [0.15, 0.2) is 48.5 Å². The van der Waals surface area contributed by atoms with Crippen molar-refractivity contribution in [3.05, 3.63) is 65.2 Å². The molecule has 2 aromatic carbocycles. The number of hydrogen-bond acceptors (Lipinski definition) is 3. The summed E-state index contributed by atoms with van der Waals surface area (Å²) in [6.07, 6.45) is 2.01. The highest BCUT2D eigenvalue weighted by molar-refractivity contribution is 7.92. The number of benzene rings is 2. The maximum absolute atomic E-state index is 12.6. The lowest BCUT2D eigenvalue weighted by Crippen LogP contribution is -2.34. The summed E-state index contributed by atoms with van der Waals surface area (Å²) in [5, 5.41) is 0. The molecular weight excluding hydrogens is 372 g/mol. The van der Waals surface area contributed by atoms with E-state index in [2.05, 4.69) is 0 Å². The van der Waals surface area contributed by atoms with Crippen LogP contribution in [0.2, 0.25) is 0 Å². The Hall–Kier alpha value is -2.34. The smallest absolute Gasteiger partial charge is 0.232 e. The topological polar surface area (TPSA) is 57.7 Å². The summed E-state index contributed by atoms with van der Waals surface area (Å²) in [7, 11) is -3.42. The first kappa shape index (κ1) is 22.0. The van der Waals surface area contributed by atoms with Crippen LogP contribution < -0.4 is 4.31 Å². The molecule has 0 aliphatic carbocycles. The van der Waals surface area contributed by atoms with Gasteiger partial charge in [0.2, 0.25) is 15.9 Å². The summed E-state index contributed by atoms with van der Waals surface area (Å²) in [5.74, 6) is 0.0424. The van der Waals surface area contributed by atoms with E-state index in [0.717, 1.165) is 16.7 Å². The largest absolute Gasteiger partial charge is 0.339 e. The van der Waals surface area contributed by atoms with Crippen molar-refractivity contribution in [2.24, 2.45) is 0 Å². The molecule has 0 aliphatic rings. The van der Waals surface area contributed by atoms with Gasteiger partial charge in [-0.1, -0.05) is 42.5 Å². The van der Waals surface area contributed by atoms with Gasteiger partial charge < -0.3 is 4.90 Å². The molecule has 1 amide bonds. The van der Waals surface area contributed by atoms with E-state index in [1.807, 2.05) is 69.3 Å². The Balaban J connectivity index is 2.03. The highest BCUT2D eigenvalue weighted by Crippen LogP contribution is 2.25. The Morgan fingerprint density at radius 3 is 2.29 bits per heavy atom. The van der Waals surface area contributed by atoms with Gasteiger partial charge in [-0.3, -0.25) is 9.10 Å². The summed E-state index contributed by atoms with van der Waals surface area (Å²) in [6, 6.07) is 15.5. The quantitative estimate of drug-likeness (QED) is 0.639. The van der Waals surface area contributed by atoms with Gasteiger partial charge in [-0.2, -0.15) is 0 Å². The summed E-state index contributed by atoms with van der Waals surface area (Å²) in [4.78, 5) is 14.4. The molecule has 0 aromatic heterocycles. The molecule has 0 unspecified atom stereocenters. The van der Waals surface area contributed by atoms with Gasteiger partial charge in [0.1, 0.15) is 0 Å². The summed E-state index contributed by atoms with van der Waals surface area (Å²) in [5.41, 5.74) is 3.76. The van der Waals surface area contributed by atoms with Gasteiger partial charge in [-0.25, -0.2) is 8.42 Å². The maximum Gasteiger partial charge on any atom is 0.232 e. The lowest BCUT2D eigenvalue weighted by Gasteiger charge is -2.26. The van der Waals surface area contributed by atoms with Crippen molar-refractivity contribution < 1.29 is 13.2 Å². The second-order valence-electron chi connectivity index (χ2n) is 7.05. The Labute approximate surface area is 169 Å². The normalized spacial score (nSPS) is 11.3. The molecule has 0 saturated heterocycles. The van der Waals surface area contributed by atoms with Crippen molar-refractivity contribution >= 4 is 21.6 Å². The van der Waals surface area contributed by atoms with Crippen LogP contribution in [-0.4, -0.2) is 38.6 Å². The molecule has 0 atom stereocenters. The number of amides is 1. The SMILES string of the molecule is CCN(Cc1ccccc1)C(=O)CCCN(c1cccc(C)c1C)S(C)(=O)=O. The van der Waals surface area contributed by atoms with E-state index in [-0.39, 0.29) is 12.5 Å². The zero-order chi connectivity index (χ0) is 20.7. The van der Waals surface area contributed by atoms with Gasteiger partial charge in [0.15, 0.2) is 0 Å². The summed E-state index contributed by atoms with van der Waals surface area (Å²) >= 11 is 0. The average Bonchev–Trinajstić information content (AvgIpc) is 2.65. The molecule has 0 fully saturated rings. The number of rotatable bonds is 9. The minimum Gasteiger partial charge on any atom is -0.339 e. The zero-order valence-corrected chi connectivity index (χ0v) is 18.0. The van der Waals surface area contributed by atoms with E-state index in [9.17, 15) is 13.2 Å². The van der Waals surface area contributed by atoms with Crippen LogP contribution in [0.4, 0.5) is 5.69 Å². The standard InChI is InChI=1S/C22H30N2O3S/c1-5-23(17-20-12-7-6-8-13-20)22(25)15-10-16-24(28(4,26)27)21-14-9-11-18(2)19(21)3/h6-9,11-14H,5,10,15-17H2,1-4H3. The summed E-state index contributed by atoms with van der Waals surface area (Å²) in [6.45, 7) is 7.33. The molecule has 152 valence electrons. The lowest BCUT2D eigenvalue weighted by atomic mass is 10.1. The van der Waals surface area contributed by atoms with Crippen LogP contribution in [0.25, 0.3) is 0 Å². The Morgan fingerprint density at radius 2 is 1.68 bits per heavy atom. The molecule has 0 N–H and O–H groups in total. The van der Waals surface area contributed by atoms with Crippen LogP contribution in [-0.2, 0) is 21.4 Å². The number of anilines is 1. The monoisotopic (exact) mass is 402 g/mol. The van der Waals surface area contributed by atoms with Crippen LogP contribution >= 0.6 is 0 Å². The van der Waals surface area contributed by atoms with Crippen molar-refractivity contribution in [3.8, 4) is 0 Å².